The number of hydrogen-bond donors (Lipinski definition) is 2. The van der Waals surface area contributed by atoms with Crippen molar-refractivity contribution in [3.63, 3.8) is 0 Å². The van der Waals surface area contributed by atoms with Crippen LogP contribution in [0.15, 0.2) is 6.33 Å². The molecule has 1 unspecified atom stereocenters. The summed E-state index contributed by atoms with van der Waals surface area (Å²) in [4.78, 5) is 14.7. The van der Waals surface area contributed by atoms with Crippen LogP contribution < -0.4 is 11.1 Å². The molecule has 13 heavy (non-hydrogen) atoms. The molecule has 6 nitrogen and oxygen atoms in total. The van der Waals surface area contributed by atoms with Gasteiger partial charge >= 0.3 is 0 Å². The Morgan fingerprint density at radius 2 is 2.62 bits per heavy atom. The first kappa shape index (κ1) is 8.03. The molecule has 2 heterocycles. The third kappa shape index (κ3) is 1.77. The van der Waals surface area contributed by atoms with Crippen LogP contribution in [0.5, 0.6) is 0 Å². The topological polar surface area (TPSA) is 85.8 Å². The van der Waals surface area contributed by atoms with Crippen molar-refractivity contribution < 1.29 is 4.79 Å². The largest absolute Gasteiger partial charge is 0.367 e. The molecule has 1 fully saturated rings. The van der Waals surface area contributed by atoms with Gasteiger partial charge in [-0.25, -0.2) is 9.67 Å². The first-order valence-electron chi connectivity index (χ1n) is 4.18. The van der Waals surface area contributed by atoms with E-state index in [9.17, 15) is 4.79 Å². The van der Waals surface area contributed by atoms with Crippen LogP contribution in [-0.2, 0) is 11.3 Å². The van der Waals surface area contributed by atoms with Crippen LogP contribution in [0.2, 0.25) is 0 Å². The Balaban J connectivity index is 1.95. The lowest BCUT2D eigenvalue weighted by Gasteiger charge is -2.08. The molecule has 6 heteroatoms. The molecule has 0 aromatic carbocycles. The van der Waals surface area contributed by atoms with Gasteiger partial charge in [0.25, 0.3) is 0 Å². The number of aromatic nitrogens is 3. The fourth-order valence-electron chi connectivity index (χ4n) is 1.44. The van der Waals surface area contributed by atoms with E-state index in [4.69, 9.17) is 5.73 Å². The lowest BCUT2D eigenvalue weighted by atomic mass is 10.2. The van der Waals surface area contributed by atoms with Gasteiger partial charge in [-0.05, 0) is 6.42 Å². The average molecular weight is 181 g/mol. The Morgan fingerprint density at radius 3 is 3.15 bits per heavy atom. The highest BCUT2D eigenvalue weighted by molar-refractivity contribution is 5.78. The van der Waals surface area contributed by atoms with Crippen LogP contribution >= 0.6 is 0 Å². The molecule has 1 aromatic heterocycles. The number of amides is 1. The van der Waals surface area contributed by atoms with Gasteiger partial charge in [0.1, 0.15) is 6.33 Å². The monoisotopic (exact) mass is 181 g/mol. The Morgan fingerprint density at radius 1 is 1.77 bits per heavy atom. The van der Waals surface area contributed by atoms with Gasteiger partial charge in [0.15, 0.2) is 0 Å². The van der Waals surface area contributed by atoms with Crippen molar-refractivity contribution >= 4 is 11.9 Å². The van der Waals surface area contributed by atoms with E-state index in [1.54, 1.807) is 11.0 Å². The van der Waals surface area contributed by atoms with Gasteiger partial charge in [-0.3, -0.25) is 4.79 Å². The fourth-order valence-corrected chi connectivity index (χ4v) is 1.44. The zero-order valence-electron chi connectivity index (χ0n) is 7.10. The number of nitrogens with zero attached hydrogens (tertiary/aromatic N) is 3. The zero-order valence-corrected chi connectivity index (χ0v) is 7.10. The summed E-state index contributed by atoms with van der Waals surface area (Å²) < 4.78 is 1.64. The first-order chi connectivity index (χ1) is 6.24. The Labute approximate surface area is 75.1 Å². The Bertz CT molecular complexity index is 320. The van der Waals surface area contributed by atoms with Gasteiger partial charge in [-0.2, -0.15) is 0 Å². The van der Waals surface area contributed by atoms with Crippen molar-refractivity contribution in [3.8, 4) is 0 Å². The van der Waals surface area contributed by atoms with Crippen LogP contribution in [0.25, 0.3) is 0 Å². The van der Waals surface area contributed by atoms with Gasteiger partial charge in [0.05, 0.1) is 6.54 Å². The zero-order chi connectivity index (χ0) is 9.26. The van der Waals surface area contributed by atoms with Crippen molar-refractivity contribution in [1.29, 1.82) is 0 Å². The molecule has 1 aromatic rings. The minimum atomic E-state index is 0.109. The van der Waals surface area contributed by atoms with Crippen molar-refractivity contribution in [3.05, 3.63) is 6.33 Å². The molecule has 3 N–H and O–H groups in total. The van der Waals surface area contributed by atoms with Crippen LogP contribution in [0, 0.1) is 0 Å². The van der Waals surface area contributed by atoms with Gasteiger partial charge in [0.2, 0.25) is 11.9 Å². The molecule has 0 bridgehead atoms. The minimum absolute atomic E-state index is 0.109. The highest BCUT2D eigenvalue weighted by atomic mass is 16.1. The normalized spacial score (nSPS) is 21.8. The summed E-state index contributed by atoms with van der Waals surface area (Å²) in [6.45, 7) is 0.649. The van der Waals surface area contributed by atoms with E-state index in [0.29, 0.717) is 13.0 Å². The fraction of sp³-hybridized carbons (Fsp3) is 0.571. The maximum atomic E-state index is 10.9. The summed E-state index contributed by atoms with van der Waals surface area (Å²) in [7, 11) is 0. The number of nitrogen functional groups attached to an aromatic ring is 1. The summed E-state index contributed by atoms with van der Waals surface area (Å²) in [5.41, 5.74) is 5.35. The lowest BCUT2D eigenvalue weighted by Crippen LogP contribution is -2.29. The molecule has 1 saturated heterocycles. The molecule has 70 valence electrons. The number of rotatable bonds is 2. The standard InChI is InChI=1S/C7H11N5O/c8-7-9-4-12(11-7)3-5-1-2-6(13)10-5/h4-5H,1-3H2,(H2,8,11)(H,10,13). The molecule has 2 rings (SSSR count). The van der Waals surface area contributed by atoms with E-state index < -0.39 is 0 Å². The maximum absolute atomic E-state index is 10.9. The molecule has 0 aliphatic carbocycles. The number of nitrogens with one attached hydrogen (secondary N) is 1. The highest BCUT2D eigenvalue weighted by Crippen LogP contribution is 2.08. The number of anilines is 1. The van der Waals surface area contributed by atoms with E-state index in [2.05, 4.69) is 15.4 Å². The molecule has 1 amide bonds. The number of carbonyl (C=O) groups is 1. The molecule has 0 saturated carbocycles. The highest BCUT2D eigenvalue weighted by Gasteiger charge is 2.21. The molecule has 1 aliphatic heterocycles. The van der Waals surface area contributed by atoms with Crippen LogP contribution in [-0.4, -0.2) is 26.7 Å². The number of carbonyl (C=O) groups excluding carboxylic acids is 1. The summed E-state index contributed by atoms with van der Waals surface area (Å²) >= 11 is 0. The molecule has 1 aliphatic rings. The van der Waals surface area contributed by atoms with Crippen LogP contribution in [0.3, 0.4) is 0 Å². The van der Waals surface area contributed by atoms with Gasteiger partial charge in [0, 0.05) is 12.5 Å². The first-order valence-corrected chi connectivity index (χ1v) is 4.18. The van der Waals surface area contributed by atoms with Gasteiger partial charge < -0.3 is 11.1 Å². The van der Waals surface area contributed by atoms with Crippen molar-refractivity contribution in [1.82, 2.24) is 20.1 Å². The summed E-state index contributed by atoms with van der Waals surface area (Å²) in [5.74, 6) is 0.377. The lowest BCUT2D eigenvalue weighted by molar-refractivity contribution is -0.119. The third-order valence-corrected chi connectivity index (χ3v) is 2.05. The van der Waals surface area contributed by atoms with Crippen LogP contribution in [0.4, 0.5) is 5.95 Å². The predicted octanol–water partition coefficient (Wildman–Crippen LogP) is -0.861. The quantitative estimate of drug-likeness (QED) is 0.621. The predicted molar refractivity (Wildman–Crippen MR) is 45.6 cm³/mol. The third-order valence-electron chi connectivity index (χ3n) is 2.05. The second-order valence-electron chi connectivity index (χ2n) is 3.13. The summed E-state index contributed by atoms with van der Waals surface area (Å²) in [6, 6.07) is 0.175. The van der Waals surface area contributed by atoms with E-state index in [0.717, 1.165) is 6.42 Å². The summed E-state index contributed by atoms with van der Waals surface area (Å²) in [6.07, 6.45) is 3.03. The van der Waals surface area contributed by atoms with E-state index >= 15 is 0 Å². The molecule has 1 atom stereocenters. The second kappa shape index (κ2) is 3.04. The van der Waals surface area contributed by atoms with Crippen molar-refractivity contribution in [2.45, 2.75) is 25.4 Å². The van der Waals surface area contributed by atoms with Gasteiger partial charge in [-0.1, -0.05) is 0 Å². The molecular weight excluding hydrogens is 170 g/mol. The van der Waals surface area contributed by atoms with Crippen molar-refractivity contribution in [2.75, 3.05) is 5.73 Å². The molecule has 0 radical (unpaired) electrons. The molecular formula is C7H11N5O. The number of hydrogen-bond acceptors (Lipinski definition) is 4. The van der Waals surface area contributed by atoms with Gasteiger partial charge in [-0.15, -0.1) is 5.10 Å². The maximum Gasteiger partial charge on any atom is 0.239 e. The summed E-state index contributed by atoms with van der Waals surface area (Å²) in [5, 5.41) is 6.77. The average Bonchev–Trinajstić information content (AvgIpc) is 2.62. The van der Waals surface area contributed by atoms with E-state index in [-0.39, 0.29) is 17.9 Å². The van der Waals surface area contributed by atoms with E-state index in [1.165, 1.54) is 0 Å². The Hall–Kier alpha value is -1.59. The second-order valence-corrected chi connectivity index (χ2v) is 3.13. The molecule has 0 spiro atoms. The SMILES string of the molecule is Nc1ncn(CC2CCC(=O)N2)n1. The van der Waals surface area contributed by atoms with Crippen LogP contribution in [0.1, 0.15) is 12.8 Å². The minimum Gasteiger partial charge on any atom is -0.367 e. The van der Waals surface area contributed by atoms with E-state index in [1.807, 2.05) is 0 Å². The number of nitrogens with two attached hydrogens (primary N) is 1. The smallest absolute Gasteiger partial charge is 0.239 e. The van der Waals surface area contributed by atoms with Crippen molar-refractivity contribution in [2.24, 2.45) is 0 Å². The Kier molecular flexibility index (Phi) is 1.88.